The maximum Gasteiger partial charge on any atom is 0.353 e. The Morgan fingerprint density at radius 2 is 1.57 bits per heavy atom. The highest BCUT2D eigenvalue weighted by Gasteiger charge is 2.39. The average Bonchev–Trinajstić information content (AvgIpc) is 3.45. The van der Waals surface area contributed by atoms with Gasteiger partial charge in [0.1, 0.15) is 4.88 Å². The molecule has 4 aromatic rings. The number of methoxy groups -OCH3 is 1. The summed E-state index contributed by atoms with van der Waals surface area (Å²) < 4.78 is 10.8. The van der Waals surface area contributed by atoms with E-state index in [0.717, 1.165) is 0 Å². The Kier molecular flexibility index (Phi) is 7.35. The number of aliphatic hydroxyl groups is 1. The lowest BCUT2D eigenvalue weighted by Crippen LogP contribution is -2.43. The van der Waals surface area contributed by atoms with Gasteiger partial charge in [0.05, 0.1) is 13.3 Å². The van der Waals surface area contributed by atoms with Gasteiger partial charge in [0, 0.05) is 0 Å². The maximum atomic E-state index is 13.1. The highest BCUT2D eigenvalue weighted by Crippen LogP contribution is 2.30. The monoisotopic (exact) mass is 486 g/mol. The van der Waals surface area contributed by atoms with E-state index < -0.39 is 17.5 Å². The van der Waals surface area contributed by atoms with E-state index in [9.17, 15) is 14.7 Å². The molecule has 0 bridgehead atoms. The first-order valence-corrected chi connectivity index (χ1v) is 11.5. The first kappa shape index (κ1) is 23.9. The van der Waals surface area contributed by atoms with Gasteiger partial charge in [0.15, 0.2) is 17.1 Å². The number of hydrogen-bond acceptors (Lipinski definition) is 7. The molecule has 8 heteroatoms. The van der Waals surface area contributed by atoms with Crippen LogP contribution in [0.25, 0.3) is 0 Å². The van der Waals surface area contributed by atoms with Crippen molar-refractivity contribution >= 4 is 29.4 Å². The highest BCUT2D eigenvalue weighted by molar-refractivity contribution is 7.12. The number of amides is 1. The Morgan fingerprint density at radius 3 is 2.14 bits per heavy atom. The van der Waals surface area contributed by atoms with Crippen LogP contribution in [0.2, 0.25) is 0 Å². The molecule has 1 heterocycles. The summed E-state index contributed by atoms with van der Waals surface area (Å²) in [6.07, 6.45) is 1.40. The summed E-state index contributed by atoms with van der Waals surface area (Å²) in [5.74, 6) is -0.599. The van der Waals surface area contributed by atoms with Crippen molar-refractivity contribution in [3.05, 3.63) is 118 Å². The van der Waals surface area contributed by atoms with Gasteiger partial charge in [-0.1, -0.05) is 66.7 Å². The van der Waals surface area contributed by atoms with Crippen molar-refractivity contribution in [1.29, 1.82) is 0 Å². The number of nitrogens with one attached hydrogen (secondary N) is 1. The first-order valence-electron chi connectivity index (χ1n) is 10.6. The number of carbonyl (C=O) groups excluding carboxylic acids is 2. The van der Waals surface area contributed by atoms with E-state index in [1.165, 1.54) is 24.7 Å². The Bertz CT molecular complexity index is 1280. The Labute approximate surface area is 206 Å². The zero-order valence-electron chi connectivity index (χ0n) is 18.8. The van der Waals surface area contributed by atoms with Crippen LogP contribution in [-0.2, 0) is 10.4 Å². The van der Waals surface area contributed by atoms with E-state index in [1.807, 2.05) is 0 Å². The van der Waals surface area contributed by atoms with E-state index in [2.05, 4.69) is 10.5 Å². The van der Waals surface area contributed by atoms with Gasteiger partial charge in [-0.2, -0.15) is 5.10 Å². The average molecular weight is 487 g/mol. The van der Waals surface area contributed by atoms with Crippen LogP contribution in [0.5, 0.6) is 11.5 Å². The SMILES string of the molecule is COc1cc(C=NNC(=O)C(O)(c2ccccc2)c2ccccc2)ccc1OC(=O)c1cccs1. The summed E-state index contributed by atoms with van der Waals surface area (Å²) in [6.45, 7) is 0. The lowest BCUT2D eigenvalue weighted by atomic mass is 9.85. The molecule has 0 saturated heterocycles. The summed E-state index contributed by atoms with van der Waals surface area (Å²) in [4.78, 5) is 25.8. The lowest BCUT2D eigenvalue weighted by molar-refractivity contribution is -0.136. The van der Waals surface area contributed by atoms with Crippen LogP contribution in [0.3, 0.4) is 0 Å². The van der Waals surface area contributed by atoms with Crippen molar-refractivity contribution in [2.45, 2.75) is 5.60 Å². The Hall–Kier alpha value is -4.27. The van der Waals surface area contributed by atoms with Gasteiger partial charge in [0.2, 0.25) is 0 Å². The van der Waals surface area contributed by atoms with Crippen LogP contribution in [-0.4, -0.2) is 30.3 Å². The van der Waals surface area contributed by atoms with Gasteiger partial charge in [0.25, 0.3) is 5.91 Å². The summed E-state index contributed by atoms with van der Waals surface area (Å²) in [5, 5.41) is 17.3. The van der Waals surface area contributed by atoms with Gasteiger partial charge in [-0.05, 0) is 46.3 Å². The Balaban J connectivity index is 1.51. The predicted octanol–water partition coefficient (Wildman–Crippen LogP) is 4.36. The molecule has 0 radical (unpaired) electrons. The number of hydrazone groups is 1. The second kappa shape index (κ2) is 10.8. The number of benzene rings is 3. The highest BCUT2D eigenvalue weighted by atomic mass is 32.1. The molecule has 0 aliphatic rings. The van der Waals surface area contributed by atoms with E-state index in [0.29, 0.717) is 27.3 Å². The molecule has 4 rings (SSSR count). The minimum atomic E-state index is -1.93. The van der Waals surface area contributed by atoms with Crippen molar-refractivity contribution in [2.75, 3.05) is 7.11 Å². The first-order chi connectivity index (χ1) is 17.0. The number of rotatable bonds is 8. The van der Waals surface area contributed by atoms with E-state index in [4.69, 9.17) is 9.47 Å². The molecule has 0 unspecified atom stereocenters. The van der Waals surface area contributed by atoms with Crippen molar-refractivity contribution in [3.63, 3.8) is 0 Å². The van der Waals surface area contributed by atoms with Gasteiger partial charge in [-0.25, -0.2) is 10.2 Å². The smallest absolute Gasteiger partial charge is 0.353 e. The number of esters is 1. The molecule has 0 atom stereocenters. The third kappa shape index (κ3) is 5.29. The second-order valence-corrected chi connectivity index (χ2v) is 8.37. The summed E-state index contributed by atoms with van der Waals surface area (Å²) >= 11 is 1.28. The molecular weight excluding hydrogens is 464 g/mol. The summed E-state index contributed by atoms with van der Waals surface area (Å²) in [5.41, 5.74) is 1.91. The van der Waals surface area contributed by atoms with Crippen LogP contribution in [0.1, 0.15) is 26.4 Å². The molecule has 7 nitrogen and oxygen atoms in total. The zero-order valence-corrected chi connectivity index (χ0v) is 19.6. The minimum Gasteiger partial charge on any atom is -0.493 e. The largest absolute Gasteiger partial charge is 0.493 e. The molecule has 0 saturated carbocycles. The number of thiophene rings is 1. The molecule has 3 aromatic carbocycles. The fourth-order valence-corrected chi connectivity index (χ4v) is 4.03. The standard InChI is InChI=1S/C27H22N2O5S/c1-33-23-17-19(14-15-22(23)34-25(30)24-13-8-16-35-24)18-28-29-26(31)27(32,20-9-4-2-5-10-20)21-11-6-3-7-12-21/h2-18,32H,1H3,(H,29,31). The fourth-order valence-electron chi connectivity index (χ4n) is 3.43. The van der Waals surface area contributed by atoms with Crippen molar-refractivity contribution in [1.82, 2.24) is 5.43 Å². The lowest BCUT2D eigenvalue weighted by Gasteiger charge is -2.27. The van der Waals surface area contributed by atoms with Crippen molar-refractivity contribution < 1.29 is 24.2 Å². The third-order valence-corrected chi connectivity index (χ3v) is 6.05. The quantitative estimate of drug-likeness (QED) is 0.167. The number of ether oxygens (including phenoxy) is 2. The molecule has 2 N–H and O–H groups in total. The molecule has 35 heavy (non-hydrogen) atoms. The number of carbonyl (C=O) groups is 2. The second-order valence-electron chi connectivity index (χ2n) is 7.42. The molecular formula is C27H22N2O5S. The zero-order chi connectivity index (χ0) is 24.7. The molecule has 0 aliphatic carbocycles. The van der Waals surface area contributed by atoms with Crippen molar-refractivity contribution in [3.8, 4) is 11.5 Å². The van der Waals surface area contributed by atoms with Gasteiger partial charge in [-0.15, -0.1) is 11.3 Å². The number of hydrogen-bond donors (Lipinski definition) is 2. The summed E-state index contributed by atoms with van der Waals surface area (Å²) in [7, 11) is 1.46. The molecule has 176 valence electrons. The van der Waals surface area contributed by atoms with Crippen LogP contribution < -0.4 is 14.9 Å². The van der Waals surface area contributed by atoms with Gasteiger partial charge < -0.3 is 14.6 Å². The van der Waals surface area contributed by atoms with E-state index in [-0.39, 0.29) is 5.75 Å². The summed E-state index contributed by atoms with van der Waals surface area (Å²) in [6, 6.07) is 25.6. The molecule has 0 aliphatic heterocycles. The van der Waals surface area contributed by atoms with Crippen molar-refractivity contribution in [2.24, 2.45) is 5.10 Å². The van der Waals surface area contributed by atoms with E-state index >= 15 is 0 Å². The molecule has 1 amide bonds. The molecule has 1 aromatic heterocycles. The van der Waals surface area contributed by atoms with Crippen LogP contribution in [0.15, 0.2) is 101 Å². The van der Waals surface area contributed by atoms with Crippen LogP contribution in [0, 0.1) is 0 Å². The molecule has 0 fully saturated rings. The Morgan fingerprint density at radius 1 is 0.914 bits per heavy atom. The normalized spacial score (nSPS) is 11.3. The topological polar surface area (TPSA) is 97.2 Å². The predicted molar refractivity (Wildman–Crippen MR) is 134 cm³/mol. The van der Waals surface area contributed by atoms with E-state index in [1.54, 1.807) is 96.4 Å². The van der Waals surface area contributed by atoms with Gasteiger partial charge in [-0.3, -0.25) is 4.79 Å². The third-order valence-electron chi connectivity index (χ3n) is 5.20. The molecule has 0 spiro atoms. The van der Waals surface area contributed by atoms with Crippen LogP contribution >= 0.6 is 11.3 Å². The number of nitrogens with zero attached hydrogens (tertiary/aromatic N) is 1. The fraction of sp³-hybridized carbons (Fsp3) is 0.0741. The minimum absolute atomic E-state index is 0.259. The van der Waals surface area contributed by atoms with Crippen LogP contribution in [0.4, 0.5) is 0 Å². The maximum absolute atomic E-state index is 13.1. The van der Waals surface area contributed by atoms with Gasteiger partial charge >= 0.3 is 5.97 Å².